The molecule has 7 nitrogen and oxygen atoms in total. The van der Waals surface area contributed by atoms with Crippen molar-refractivity contribution in [2.45, 2.75) is 25.3 Å². The first-order valence-corrected chi connectivity index (χ1v) is 10.6. The monoisotopic (exact) mass is 534 g/mol. The van der Waals surface area contributed by atoms with Crippen LogP contribution in [-0.2, 0) is 6.42 Å². The molecule has 0 amide bonds. The highest BCUT2D eigenvalue weighted by Crippen LogP contribution is 2.24. The lowest BCUT2D eigenvalue weighted by Crippen LogP contribution is -2.43. The van der Waals surface area contributed by atoms with Gasteiger partial charge in [0.1, 0.15) is 5.76 Å². The summed E-state index contributed by atoms with van der Waals surface area (Å²) >= 11 is 0. The highest BCUT2D eigenvalue weighted by molar-refractivity contribution is 14.0. The van der Waals surface area contributed by atoms with Crippen LogP contribution >= 0.6 is 24.0 Å². The van der Waals surface area contributed by atoms with E-state index in [9.17, 15) is 0 Å². The number of aromatic nitrogens is 2. The Morgan fingerprint density at radius 1 is 1.13 bits per heavy atom. The van der Waals surface area contributed by atoms with Gasteiger partial charge in [-0.15, -0.1) is 24.0 Å². The third kappa shape index (κ3) is 6.33. The zero-order valence-electron chi connectivity index (χ0n) is 17.9. The number of aliphatic imine (C=N–C) groups is 1. The quantitative estimate of drug-likeness (QED) is 0.263. The fourth-order valence-corrected chi connectivity index (χ4v) is 3.92. The van der Waals surface area contributed by atoms with E-state index in [0.29, 0.717) is 0 Å². The summed E-state index contributed by atoms with van der Waals surface area (Å²) in [5, 5.41) is 11.2. The number of likely N-dealkylation sites (tertiary alicyclic amines) is 1. The van der Waals surface area contributed by atoms with E-state index in [4.69, 9.17) is 4.42 Å². The molecule has 0 radical (unpaired) electrons. The molecule has 2 aromatic heterocycles. The predicted octanol–water partition coefficient (Wildman–Crippen LogP) is 3.63. The first-order valence-electron chi connectivity index (χ1n) is 10.6. The number of halogens is 1. The van der Waals surface area contributed by atoms with Gasteiger partial charge in [-0.05, 0) is 68.2 Å². The number of hydrogen-bond acceptors (Lipinski definition) is 4. The summed E-state index contributed by atoms with van der Waals surface area (Å²) in [5.41, 5.74) is 2.35. The van der Waals surface area contributed by atoms with Crippen molar-refractivity contribution in [1.82, 2.24) is 25.3 Å². The smallest absolute Gasteiger partial charge is 0.191 e. The molecule has 2 N–H and O–H groups in total. The van der Waals surface area contributed by atoms with E-state index in [2.05, 4.69) is 56.0 Å². The van der Waals surface area contributed by atoms with Crippen LogP contribution in [0.1, 0.15) is 30.2 Å². The SMILES string of the molecule is CN=C(NCCc1ccc(-n2cccn2)cc1)NCC(c1ccco1)N1CCCC1.I. The number of nitrogens with zero attached hydrogens (tertiary/aromatic N) is 4. The number of benzene rings is 1. The molecule has 1 aliphatic rings. The Balaban J connectivity index is 0.00000272. The molecule has 1 saturated heterocycles. The molecule has 166 valence electrons. The largest absolute Gasteiger partial charge is 0.468 e. The Morgan fingerprint density at radius 2 is 1.94 bits per heavy atom. The van der Waals surface area contributed by atoms with Crippen molar-refractivity contribution in [3.63, 3.8) is 0 Å². The molecule has 0 spiro atoms. The van der Waals surface area contributed by atoms with Crippen LogP contribution in [0.3, 0.4) is 0 Å². The average molecular weight is 534 g/mol. The number of nitrogens with one attached hydrogen (secondary N) is 2. The van der Waals surface area contributed by atoms with Crippen LogP contribution in [0.5, 0.6) is 0 Å². The zero-order chi connectivity index (χ0) is 20.6. The van der Waals surface area contributed by atoms with Crippen molar-refractivity contribution in [2.75, 3.05) is 33.2 Å². The van der Waals surface area contributed by atoms with Gasteiger partial charge in [0, 0.05) is 32.5 Å². The van der Waals surface area contributed by atoms with Crippen LogP contribution in [-0.4, -0.2) is 53.9 Å². The molecule has 0 aliphatic carbocycles. The van der Waals surface area contributed by atoms with Crippen molar-refractivity contribution in [2.24, 2.45) is 4.99 Å². The van der Waals surface area contributed by atoms with Crippen LogP contribution in [0.15, 0.2) is 70.5 Å². The molecular weight excluding hydrogens is 503 g/mol. The second-order valence-corrected chi connectivity index (χ2v) is 7.52. The molecule has 1 aromatic carbocycles. The van der Waals surface area contributed by atoms with E-state index in [1.165, 1.54) is 18.4 Å². The van der Waals surface area contributed by atoms with Gasteiger partial charge < -0.3 is 15.1 Å². The van der Waals surface area contributed by atoms with Gasteiger partial charge in [0.05, 0.1) is 18.0 Å². The van der Waals surface area contributed by atoms with Crippen LogP contribution < -0.4 is 10.6 Å². The average Bonchev–Trinajstić information content (AvgIpc) is 3.57. The van der Waals surface area contributed by atoms with E-state index < -0.39 is 0 Å². The van der Waals surface area contributed by atoms with Gasteiger partial charge in [0.2, 0.25) is 0 Å². The standard InChI is InChI=1S/C23H30N6O.HI/c1-24-23(26-18-21(22-6-4-17-30-22)28-14-2-3-15-28)25-13-11-19-7-9-20(10-8-19)29-16-5-12-27-29;/h4-10,12,16-17,21H,2-3,11,13-15,18H2,1H3,(H2,24,25,26);1H. The van der Waals surface area contributed by atoms with Crippen molar-refractivity contribution in [1.29, 1.82) is 0 Å². The molecule has 1 atom stereocenters. The molecule has 0 saturated carbocycles. The number of hydrogen-bond donors (Lipinski definition) is 2. The fraction of sp³-hybridized carbons (Fsp3) is 0.391. The Bertz CT molecular complexity index is 902. The van der Waals surface area contributed by atoms with Gasteiger partial charge in [-0.25, -0.2) is 4.68 Å². The minimum Gasteiger partial charge on any atom is -0.468 e. The lowest BCUT2D eigenvalue weighted by molar-refractivity contribution is 0.215. The summed E-state index contributed by atoms with van der Waals surface area (Å²) in [4.78, 5) is 6.87. The predicted molar refractivity (Wildman–Crippen MR) is 134 cm³/mol. The molecule has 4 rings (SSSR count). The van der Waals surface area contributed by atoms with Crippen LogP contribution in [0.25, 0.3) is 5.69 Å². The second-order valence-electron chi connectivity index (χ2n) is 7.52. The van der Waals surface area contributed by atoms with Gasteiger partial charge in [-0.3, -0.25) is 9.89 Å². The Kier molecular flexibility index (Phi) is 8.96. The van der Waals surface area contributed by atoms with Crippen LogP contribution in [0.4, 0.5) is 0 Å². The maximum atomic E-state index is 5.70. The fourth-order valence-electron chi connectivity index (χ4n) is 3.92. The Morgan fingerprint density at radius 3 is 2.58 bits per heavy atom. The Hall–Kier alpha value is -2.33. The topological polar surface area (TPSA) is 70.6 Å². The maximum absolute atomic E-state index is 5.70. The van der Waals surface area contributed by atoms with Crippen molar-refractivity contribution < 1.29 is 4.42 Å². The van der Waals surface area contributed by atoms with E-state index in [1.54, 1.807) is 12.5 Å². The zero-order valence-corrected chi connectivity index (χ0v) is 20.2. The lowest BCUT2D eigenvalue weighted by atomic mass is 10.1. The number of rotatable bonds is 8. The van der Waals surface area contributed by atoms with E-state index >= 15 is 0 Å². The summed E-state index contributed by atoms with van der Waals surface area (Å²) in [7, 11) is 1.81. The molecule has 31 heavy (non-hydrogen) atoms. The van der Waals surface area contributed by atoms with Gasteiger partial charge in [0.25, 0.3) is 0 Å². The third-order valence-electron chi connectivity index (χ3n) is 5.55. The van der Waals surface area contributed by atoms with Gasteiger partial charge in [-0.1, -0.05) is 12.1 Å². The molecule has 3 aromatic rings. The molecule has 1 unspecified atom stereocenters. The minimum atomic E-state index is 0. The molecule has 1 aliphatic heterocycles. The van der Waals surface area contributed by atoms with E-state index in [1.807, 2.05) is 30.1 Å². The van der Waals surface area contributed by atoms with Gasteiger partial charge >= 0.3 is 0 Å². The maximum Gasteiger partial charge on any atom is 0.191 e. The van der Waals surface area contributed by atoms with Crippen LogP contribution in [0.2, 0.25) is 0 Å². The summed E-state index contributed by atoms with van der Waals surface area (Å²) in [6.07, 6.45) is 8.92. The summed E-state index contributed by atoms with van der Waals surface area (Å²) in [5.74, 6) is 1.83. The highest BCUT2D eigenvalue weighted by Gasteiger charge is 2.25. The summed E-state index contributed by atoms with van der Waals surface area (Å²) < 4.78 is 7.57. The van der Waals surface area contributed by atoms with E-state index in [0.717, 1.165) is 50.0 Å². The van der Waals surface area contributed by atoms with Gasteiger partial charge in [0.15, 0.2) is 5.96 Å². The van der Waals surface area contributed by atoms with Crippen molar-refractivity contribution in [3.8, 4) is 5.69 Å². The minimum absolute atomic E-state index is 0. The Labute approximate surface area is 200 Å². The molecule has 3 heterocycles. The van der Waals surface area contributed by atoms with Crippen LogP contribution in [0, 0.1) is 0 Å². The van der Waals surface area contributed by atoms with Crippen molar-refractivity contribution >= 4 is 29.9 Å². The normalized spacial score (nSPS) is 15.5. The number of furan rings is 1. The lowest BCUT2D eigenvalue weighted by Gasteiger charge is -2.26. The molecular formula is C23H31IN6O. The second kappa shape index (κ2) is 11.9. The van der Waals surface area contributed by atoms with Gasteiger partial charge in [-0.2, -0.15) is 5.10 Å². The molecule has 0 bridgehead atoms. The first-order chi connectivity index (χ1) is 14.8. The number of guanidine groups is 1. The third-order valence-corrected chi connectivity index (χ3v) is 5.55. The highest BCUT2D eigenvalue weighted by atomic mass is 127. The summed E-state index contributed by atoms with van der Waals surface area (Å²) in [6, 6.07) is 14.7. The first kappa shape index (κ1) is 23.3. The summed E-state index contributed by atoms with van der Waals surface area (Å²) in [6.45, 7) is 3.82. The van der Waals surface area contributed by atoms with Crippen molar-refractivity contribution in [3.05, 3.63) is 72.4 Å². The molecule has 1 fully saturated rings. The molecule has 8 heteroatoms. The van der Waals surface area contributed by atoms with E-state index in [-0.39, 0.29) is 30.0 Å².